The summed E-state index contributed by atoms with van der Waals surface area (Å²) in [4.78, 5) is 9.14. The number of pyridine rings is 2. The van der Waals surface area contributed by atoms with E-state index >= 15 is 0 Å². The minimum absolute atomic E-state index is 0.442. The number of hydrogen-bond acceptors (Lipinski definition) is 2. The van der Waals surface area contributed by atoms with Crippen molar-refractivity contribution in [2.24, 2.45) is 0 Å². The van der Waals surface area contributed by atoms with E-state index in [1.54, 1.807) is 6.20 Å². The van der Waals surface area contributed by atoms with E-state index in [2.05, 4.69) is 94.0 Å². The van der Waals surface area contributed by atoms with Crippen molar-refractivity contribution in [3.63, 3.8) is 0 Å². The van der Waals surface area contributed by atoms with Crippen LogP contribution in [-0.2, 0) is 0 Å². The van der Waals surface area contributed by atoms with Gasteiger partial charge in [0, 0.05) is 23.2 Å². The Kier molecular flexibility index (Phi) is 4.70. The Morgan fingerprint density at radius 1 is 0.697 bits per heavy atom. The molecular weight excluding hydrogens is 421 g/mol. The summed E-state index contributed by atoms with van der Waals surface area (Å²) in [5, 5.41) is 3.71. The smallest absolute Gasteiger partial charge is 0.137 e. The van der Waals surface area contributed by atoms with E-state index in [-0.39, 0.29) is 0 Å². The summed E-state index contributed by atoms with van der Waals surface area (Å²) in [6.07, 6.45) is 3.47. The van der Waals surface area contributed by atoms with Crippen molar-refractivity contribution in [3.05, 3.63) is 115 Å². The maximum atomic E-state index is 7.71. The van der Waals surface area contributed by atoms with E-state index in [0.29, 0.717) is 6.04 Å². The molecule has 4 heteroatoms. The molecule has 3 heterocycles. The third kappa shape index (κ3) is 3.51. The molecule has 0 aliphatic carbocycles. The summed E-state index contributed by atoms with van der Waals surface area (Å²) in [5.74, 6) is 0.917. The van der Waals surface area contributed by atoms with Gasteiger partial charge in [-0.3, -0.25) is 9.55 Å². The SMILES string of the molecule is [2H]c1ccc(P(C)c2cccc(-c3ccc4c5ccccc5n(-c5ccccn5)c4c3)c2)nc1. The molecule has 0 fully saturated rings. The summed E-state index contributed by atoms with van der Waals surface area (Å²) < 4.78 is 9.95. The highest BCUT2D eigenvalue weighted by atomic mass is 31.1. The predicted octanol–water partition coefficient (Wildman–Crippen LogP) is 6.30. The Hall–Kier alpha value is -3.81. The first kappa shape index (κ1) is 18.7. The molecule has 0 N–H and O–H groups in total. The van der Waals surface area contributed by atoms with Gasteiger partial charge in [0.15, 0.2) is 0 Å². The predicted molar refractivity (Wildman–Crippen MR) is 140 cm³/mol. The third-order valence-electron chi connectivity index (χ3n) is 6.06. The Balaban J connectivity index is 1.49. The second kappa shape index (κ2) is 8.27. The van der Waals surface area contributed by atoms with E-state index in [4.69, 9.17) is 1.37 Å². The first-order valence-electron chi connectivity index (χ1n) is 11.4. The highest BCUT2D eigenvalue weighted by molar-refractivity contribution is 7.72. The highest BCUT2D eigenvalue weighted by Crippen LogP contribution is 2.35. The Labute approximate surface area is 195 Å². The molecule has 0 spiro atoms. The molecular formula is C29H22N3P. The number of aromatic nitrogens is 3. The van der Waals surface area contributed by atoms with E-state index < -0.39 is 7.92 Å². The lowest BCUT2D eigenvalue weighted by molar-refractivity contribution is 1.08. The lowest BCUT2D eigenvalue weighted by atomic mass is 10.0. The van der Waals surface area contributed by atoms with Crippen LogP contribution in [0.4, 0.5) is 0 Å². The number of rotatable bonds is 4. The Morgan fingerprint density at radius 2 is 1.55 bits per heavy atom. The molecule has 0 aliphatic heterocycles. The second-order valence-corrected chi connectivity index (χ2v) is 10.1. The highest BCUT2D eigenvalue weighted by Gasteiger charge is 2.14. The van der Waals surface area contributed by atoms with Crippen molar-refractivity contribution in [2.75, 3.05) is 6.66 Å². The van der Waals surface area contributed by atoms with Gasteiger partial charge in [-0.25, -0.2) is 4.98 Å². The molecule has 3 nitrogen and oxygen atoms in total. The van der Waals surface area contributed by atoms with Crippen LogP contribution >= 0.6 is 7.92 Å². The van der Waals surface area contributed by atoms with Crippen molar-refractivity contribution in [3.8, 4) is 16.9 Å². The zero-order valence-corrected chi connectivity index (χ0v) is 19.1. The molecule has 158 valence electrons. The van der Waals surface area contributed by atoms with Gasteiger partial charge in [0.2, 0.25) is 0 Å². The average molecular weight is 444 g/mol. The molecule has 1 unspecified atom stereocenters. The maximum Gasteiger partial charge on any atom is 0.137 e. The molecule has 0 amide bonds. The molecule has 0 aliphatic rings. The summed E-state index contributed by atoms with van der Waals surface area (Å²) >= 11 is 0. The van der Waals surface area contributed by atoms with Crippen LogP contribution in [0.2, 0.25) is 0 Å². The molecule has 0 saturated heterocycles. The Morgan fingerprint density at radius 3 is 2.39 bits per heavy atom. The molecule has 0 bridgehead atoms. The third-order valence-corrected chi connectivity index (χ3v) is 8.07. The fraction of sp³-hybridized carbons (Fsp3) is 0.0345. The van der Waals surface area contributed by atoms with Crippen molar-refractivity contribution in [1.82, 2.24) is 14.5 Å². The summed E-state index contributed by atoms with van der Waals surface area (Å²) in [6.45, 7) is 2.22. The van der Waals surface area contributed by atoms with Gasteiger partial charge in [-0.2, -0.15) is 0 Å². The van der Waals surface area contributed by atoms with Crippen LogP contribution in [0.3, 0.4) is 0 Å². The average Bonchev–Trinajstić information content (AvgIpc) is 3.23. The van der Waals surface area contributed by atoms with Gasteiger partial charge in [0.05, 0.1) is 17.8 Å². The molecule has 33 heavy (non-hydrogen) atoms. The summed E-state index contributed by atoms with van der Waals surface area (Å²) in [7, 11) is -0.593. The maximum absolute atomic E-state index is 7.71. The van der Waals surface area contributed by atoms with E-state index in [9.17, 15) is 0 Å². The lowest BCUT2D eigenvalue weighted by Gasteiger charge is -2.13. The fourth-order valence-electron chi connectivity index (χ4n) is 4.42. The fourth-order valence-corrected chi connectivity index (χ4v) is 5.86. The van der Waals surface area contributed by atoms with Gasteiger partial charge in [-0.15, -0.1) is 0 Å². The number of hydrogen-bond donors (Lipinski definition) is 0. The largest absolute Gasteiger partial charge is 0.294 e. The van der Waals surface area contributed by atoms with E-state index in [0.717, 1.165) is 22.3 Å². The van der Waals surface area contributed by atoms with Crippen LogP contribution in [0, 0.1) is 0 Å². The first-order valence-corrected chi connectivity index (χ1v) is 12.7. The first-order chi connectivity index (χ1) is 16.7. The van der Waals surface area contributed by atoms with Gasteiger partial charge in [-0.1, -0.05) is 60.7 Å². The van der Waals surface area contributed by atoms with Crippen LogP contribution in [0.15, 0.2) is 115 Å². The molecule has 1 atom stereocenters. The second-order valence-electron chi connectivity index (χ2n) is 8.00. The molecule has 3 aromatic heterocycles. The summed E-state index contributed by atoms with van der Waals surface area (Å²) in [5.41, 5.74) is 5.70. The number of benzene rings is 3. The zero-order chi connectivity index (χ0) is 23.1. The quantitative estimate of drug-likeness (QED) is 0.299. The standard InChI is InChI=1S/C29H22N3P/c1-33(29-14-5-7-18-31-29)23-10-8-9-21(19-23)22-15-16-25-24-11-2-3-12-26(24)32(27(25)20-22)28-13-4-6-17-30-28/h2-20H,1H3/i7D. The van der Waals surface area contributed by atoms with Gasteiger partial charge in [0.25, 0.3) is 0 Å². The van der Waals surface area contributed by atoms with Crippen LogP contribution in [0.5, 0.6) is 0 Å². The number of fused-ring (bicyclic) bond motifs is 3. The lowest BCUT2D eigenvalue weighted by Crippen LogP contribution is -2.13. The van der Waals surface area contributed by atoms with E-state index in [1.165, 1.54) is 27.2 Å². The number of para-hydroxylation sites is 1. The normalized spacial score (nSPS) is 12.7. The molecule has 6 aromatic rings. The number of nitrogens with zero attached hydrogens (tertiary/aromatic N) is 3. The molecule has 0 radical (unpaired) electrons. The van der Waals surface area contributed by atoms with Crippen molar-refractivity contribution >= 4 is 40.5 Å². The topological polar surface area (TPSA) is 30.7 Å². The van der Waals surface area contributed by atoms with Crippen molar-refractivity contribution < 1.29 is 1.37 Å². The minimum atomic E-state index is -0.593. The van der Waals surface area contributed by atoms with Crippen molar-refractivity contribution in [1.29, 1.82) is 0 Å². The molecule has 3 aromatic carbocycles. The zero-order valence-electron chi connectivity index (χ0n) is 19.2. The Bertz CT molecular complexity index is 1630. The summed E-state index contributed by atoms with van der Waals surface area (Å²) in [6, 6.07) is 34.2. The van der Waals surface area contributed by atoms with Gasteiger partial charge < -0.3 is 0 Å². The van der Waals surface area contributed by atoms with Crippen LogP contribution < -0.4 is 10.7 Å². The molecule has 6 rings (SSSR count). The van der Waals surface area contributed by atoms with Crippen LogP contribution in [0.1, 0.15) is 1.37 Å². The minimum Gasteiger partial charge on any atom is -0.294 e. The van der Waals surface area contributed by atoms with Gasteiger partial charge in [0.1, 0.15) is 5.82 Å². The van der Waals surface area contributed by atoms with Gasteiger partial charge >= 0.3 is 0 Å². The van der Waals surface area contributed by atoms with Crippen molar-refractivity contribution in [2.45, 2.75) is 0 Å². The van der Waals surface area contributed by atoms with Gasteiger partial charge in [-0.05, 0) is 73.5 Å². The van der Waals surface area contributed by atoms with Crippen LogP contribution in [-0.4, -0.2) is 21.2 Å². The molecule has 0 saturated carbocycles. The monoisotopic (exact) mass is 444 g/mol. The van der Waals surface area contributed by atoms with Crippen LogP contribution in [0.25, 0.3) is 38.8 Å². The van der Waals surface area contributed by atoms with E-state index in [1.807, 2.05) is 30.5 Å².